The third kappa shape index (κ3) is 3.39. The fourth-order valence-electron chi connectivity index (χ4n) is 2.34. The lowest BCUT2D eigenvalue weighted by atomic mass is 10.3. The van der Waals surface area contributed by atoms with E-state index in [-0.39, 0.29) is 6.10 Å². The summed E-state index contributed by atoms with van der Waals surface area (Å²) in [5, 5.41) is 1.04. The number of anilines is 1. The predicted octanol–water partition coefficient (Wildman–Crippen LogP) is 3.75. The van der Waals surface area contributed by atoms with Gasteiger partial charge < -0.3 is 9.64 Å². The Bertz CT molecular complexity index is 651. The lowest BCUT2D eigenvalue weighted by Crippen LogP contribution is -2.26. The number of benzene rings is 1. The molecule has 110 valence electrons. The smallest absolute Gasteiger partial charge is 0.225 e. The van der Waals surface area contributed by atoms with E-state index in [4.69, 9.17) is 27.9 Å². The van der Waals surface area contributed by atoms with E-state index < -0.39 is 0 Å². The van der Waals surface area contributed by atoms with Crippen LogP contribution in [0, 0.1) is 6.92 Å². The van der Waals surface area contributed by atoms with Gasteiger partial charge in [-0.3, -0.25) is 0 Å². The van der Waals surface area contributed by atoms with Crippen LogP contribution in [0.25, 0.3) is 0 Å². The summed E-state index contributed by atoms with van der Waals surface area (Å²) in [6.07, 6.45) is 2.81. The van der Waals surface area contributed by atoms with Crippen LogP contribution in [0.5, 0.6) is 5.75 Å². The van der Waals surface area contributed by atoms with Crippen LogP contribution in [0.1, 0.15) is 12.1 Å². The Morgan fingerprint density at radius 1 is 1.24 bits per heavy atom. The lowest BCUT2D eigenvalue weighted by molar-refractivity contribution is 0.225. The van der Waals surface area contributed by atoms with Gasteiger partial charge in [0.05, 0.1) is 16.6 Å². The van der Waals surface area contributed by atoms with Gasteiger partial charge in [-0.05, 0) is 25.1 Å². The van der Waals surface area contributed by atoms with Crippen LogP contribution < -0.4 is 9.64 Å². The average molecular weight is 324 g/mol. The minimum atomic E-state index is 0.103. The molecule has 21 heavy (non-hydrogen) atoms. The lowest BCUT2D eigenvalue weighted by Gasteiger charge is -2.17. The first-order chi connectivity index (χ1) is 10.1. The van der Waals surface area contributed by atoms with Gasteiger partial charge in [0.2, 0.25) is 5.95 Å². The van der Waals surface area contributed by atoms with Gasteiger partial charge in [0.1, 0.15) is 11.9 Å². The maximum atomic E-state index is 6.00. The van der Waals surface area contributed by atoms with Crippen LogP contribution in [0.15, 0.2) is 30.5 Å². The molecule has 0 aliphatic carbocycles. The molecule has 1 aliphatic rings. The summed E-state index contributed by atoms with van der Waals surface area (Å²) in [4.78, 5) is 10.9. The van der Waals surface area contributed by atoms with Crippen molar-refractivity contribution in [2.24, 2.45) is 0 Å². The Kier molecular flexibility index (Phi) is 4.17. The first-order valence-electron chi connectivity index (χ1n) is 6.78. The molecule has 4 nitrogen and oxygen atoms in total. The molecule has 1 fully saturated rings. The second-order valence-corrected chi connectivity index (χ2v) is 5.86. The van der Waals surface area contributed by atoms with E-state index in [1.54, 1.807) is 18.3 Å². The van der Waals surface area contributed by atoms with Gasteiger partial charge in [0.15, 0.2) is 0 Å². The summed E-state index contributed by atoms with van der Waals surface area (Å²) in [5.41, 5.74) is 0.967. The van der Waals surface area contributed by atoms with Crippen molar-refractivity contribution in [3.63, 3.8) is 0 Å². The molecule has 1 saturated heterocycles. The van der Waals surface area contributed by atoms with Gasteiger partial charge in [-0.2, -0.15) is 0 Å². The monoisotopic (exact) mass is 323 g/mol. The fraction of sp³-hybridized carbons (Fsp3) is 0.333. The van der Waals surface area contributed by atoms with Crippen molar-refractivity contribution in [2.75, 3.05) is 18.0 Å². The van der Waals surface area contributed by atoms with Gasteiger partial charge in [-0.1, -0.05) is 23.2 Å². The van der Waals surface area contributed by atoms with Crippen LogP contribution in [-0.2, 0) is 0 Å². The number of aryl methyl sites for hydroxylation is 1. The Morgan fingerprint density at radius 3 is 2.86 bits per heavy atom. The van der Waals surface area contributed by atoms with Crippen molar-refractivity contribution < 1.29 is 4.74 Å². The zero-order chi connectivity index (χ0) is 14.8. The van der Waals surface area contributed by atoms with Gasteiger partial charge in [-0.15, -0.1) is 0 Å². The highest BCUT2D eigenvalue weighted by molar-refractivity contribution is 6.42. The van der Waals surface area contributed by atoms with E-state index in [0.717, 1.165) is 36.9 Å². The third-order valence-electron chi connectivity index (χ3n) is 3.40. The normalized spacial score (nSPS) is 18.0. The summed E-state index contributed by atoms with van der Waals surface area (Å²) in [5.74, 6) is 1.50. The molecule has 0 spiro atoms. The van der Waals surface area contributed by atoms with Crippen molar-refractivity contribution >= 4 is 29.2 Å². The molecule has 0 saturated carbocycles. The molecule has 2 heterocycles. The molecule has 0 bridgehead atoms. The Balaban J connectivity index is 1.65. The maximum Gasteiger partial charge on any atom is 0.225 e. The number of nitrogens with zero attached hydrogens (tertiary/aromatic N) is 3. The van der Waals surface area contributed by atoms with E-state index in [1.807, 2.05) is 19.1 Å². The van der Waals surface area contributed by atoms with Crippen LogP contribution in [0.4, 0.5) is 5.95 Å². The largest absolute Gasteiger partial charge is 0.488 e. The topological polar surface area (TPSA) is 38.2 Å². The van der Waals surface area contributed by atoms with Crippen molar-refractivity contribution in [1.29, 1.82) is 0 Å². The molecular formula is C15H15Cl2N3O. The number of hydrogen-bond acceptors (Lipinski definition) is 4. The van der Waals surface area contributed by atoms with Gasteiger partial charge in [0, 0.05) is 30.9 Å². The van der Waals surface area contributed by atoms with Crippen LogP contribution in [0.3, 0.4) is 0 Å². The van der Waals surface area contributed by atoms with E-state index >= 15 is 0 Å². The van der Waals surface area contributed by atoms with Gasteiger partial charge in [0.25, 0.3) is 0 Å². The number of rotatable bonds is 3. The number of halogens is 2. The van der Waals surface area contributed by atoms with E-state index in [2.05, 4.69) is 14.9 Å². The maximum absolute atomic E-state index is 6.00. The molecule has 1 atom stereocenters. The Morgan fingerprint density at radius 2 is 2.10 bits per heavy atom. The third-order valence-corrected chi connectivity index (χ3v) is 4.14. The summed E-state index contributed by atoms with van der Waals surface area (Å²) in [6, 6.07) is 7.22. The highest BCUT2D eigenvalue weighted by Gasteiger charge is 2.26. The van der Waals surface area contributed by atoms with Crippen molar-refractivity contribution in [2.45, 2.75) is 19.4 Å². The van der Waals surface area contributed by atoms with E-state index in [9.17, 15) is 0 Å². The second-order valence-electron chi connectivity index (χ2n) is 5.05. The zero-order valence-electron chi connectivity index (χ0n) is 11.6. The van der Waals surface area contributed by atoms with Crippen molar-refractivity contribution in [3.8, 4) is 5.75 Å². The average Bonchev–Trinajstić information content (AvgIpc) is 2.91. The Hall–Kier alpha value is -1.52. The Labute approximate surface area is 133 Å². The first kappa shape index (κ1) is 14.4. The predicted molar refractivity (Wildman–Crippen MR) is 84.5 cm³/mol. The van der Waals surface area contributed by atoms with Crippen LogP contribution in [0.2, 0.25) is 10.0 Å². The molecule has 2 aromatic rings. The molecule has 0 radical (unpaired) electrons. The zero-order valence-corrected chi connectivity index (χ0v) is 13.1. The summed E-state index contributed by atoms with van der Waals surface area (Å²) in [6.45, 7) is 3.62. The second kappa shape index (κ2) is 6.08. The fourth-order valence-corrected chi connectivity index (χ4v) is 2.62. The van der Waals surface area contributed by atoms with Crippen molar-refractivity contribution in [3.05, 3.63) is 46.2 Å². The SMILES string of the molecule is Cc1ccnc(N2CCC(Oc3ccc(Cl)c(Cl)c3)C2)n1. The van der Waals surface area contributed by atoms with Gasteiger partial charge in [-0.25, -0.2) is 9.97 Å². The molecule has 1 aliphatic heterocycles. The highest BCUT2D eigenvalue weighted by atomic mass is 35.5. The summed E-state index contributed by atoms with van der Waals surface area (Å²) in [7, 11) is 0. The molecule has 1 unspecified atom stereocenters. The number of ether oxygens (including phenoxy) is 1. The highest BCUT2D eigenvalue weighted by Crippen LogP contribution is 2.28. The van der Waals surface area contributed by atoms with Gasteiger partial charge >= 0.3 is 0 Å². The molecular weight excluding hydrogens is 309 g/mol. The first-order valence-corrected chi connectivity index (χ1v) is 7.54. The van der Waals surface area contributed by atoms with Crippen molar-refractivity contribution in [1.82, 2.24) is 9.97 Å². The number of aromatic nitrogens is 2. The molecule has 0 N–H and O–H groups in total. The number of hydrogen-bond donors (Lipinski definition) is 0. The quantitative estimate of drug-likeness (QED) is 0.862. The minimum Gasteiger partial charge on any atom is -0.488 e. The summed E-state index contributed by atoms with van der Waals surface area (Å²) >= 11 is 11.9. The van der Waals surface area contributed by atoms with E-state index in [0.29, 0.717) is 10.0 Å². The molecule has 0 amide bonds. The van der Waals surface area contributed by atoms with Crippen LogP contribution >= 0.6 is 23.2 Å². The molecule has 1 aromatic heterocycles. The van der Waals surface area contributed by atoms with Crippen LogP contribution in [-0.4, -0.2) is 29.2 Å². The van der Waals surface area contributed by atoms with E-state index in [1.165, 1.54) is 0 Å². The molecule has 6 heteroatoms. The standard InChI is InChI=1S/C15H15Cl2N3O/c1-10-4-6-18-15(19-10)20-7-5-12(9-20)21-11-2-3-13(16)14(17)8-11/h2-4,6,8,12H,5,7,9H2,1H3. The summed E-state index contributed by atoms with van der Waals surface area (Å²) < 4.78 is 5.95. The molecule has 1 aromatic carbocycles. The minimum absolute atomic E-state index is 0.103. The molecule has 3 rings (SSSR count).